The number of nitrogens with one attached hydrogen (secondary N) is 3. The highest BCUT2D eigenvalue weighted by Gasteiger charge is 2.21. The Labute approximate surface area is 193 Å². The van der Waals surface area contributed by atoms with Crippen LogP contribution in [0.1, 0.15) is 18.1 Å². The van der Waals surface area contributed by atoms with Crippen LogP contribution in [0.2, 0.25) is 0 Å². The van der Waals surface area contributed by atoms with Crippen LogP contribution in [0.4, 0.5) is 4.39 Å². The van der Waals surface area contributed by atoms with Gasteiger partial charge in [-0.2, -0.15) is 0 Å². The summed E-state index contributed by atoms with van der Waals surface area (Å²) in [4.78, 5) is 16.6. The number of aliphatic imine (C=N–C) groups is 1. The SMILES string of the molecule is CCNC(=NCC1Cc2ccccc2O1)NCCNC(=O)Cc1cccc(F)c1.I. The van der Waals surface area contributed by atoms with E-state index in [0.29, 0.717) is 31.2 Å². The summed E-state index contributed by atoms with van der Waals surface area (Å²) in [7, 11) is 0. The van der Waals surface area contributed by atoms with E-state index >= 15 is 0 Å². The zero-order valence-electron chi connectivity index (χ0n) is 17.0. The van der Waals surface area contributed by atoms with E-state index in [-0.39, 0.29) is 48.2 Å². The molecule has 0 spiro atoms. The molecule has 0 fully saturated rings. The van der Waals surface area contributed by atoms with Gasteiger partial charge in [0.1, 0.15) is 17.7 Å². The van der Waals surface area contributed by atoms with Gasteiger partial charge in [0, 0.05) is 26.1 Å². The number of carbonyl (C=O) groups is 1. The summed E-state index contributed by atoms with van der Waals surface area (Å²) >= 11 is 0. The van der Waals surface area contributed by atoms with Gasteiger partial charge in [-0.25, -0.2) is 9.38 Å². The van der Waals surface area contributed by atoms with Crippen LogP contribution in [0.5, 0.6) is 5.75 Å². The molecule has 1 atom stereocenters. The monoisotopic (exact) mass is 526 g/mol. The lowest BCUT2D eigenvalue weighted by Gasteiger charge is -2.13. The van der Waals surface area contributed by atoms with E-state index < -0.39 is 0 Å². The number of rotatable bonds is 8. The molecule has 0 saturated heterocycles. The molecule has 2 aromatic rings. The molecule has 2 aromatic carbocycles. The number of ether oxygens (including phenoxy) is 1. The second-order valence-electron chi connectivity index (χ2n) is 6.85. The highest BCUT2D eigenvalue weighted by molar-refractivity contribution is 14.0. The first-order chi connectivity index (χ1) is 14.1. The molecule has 1 heterocycles. The minimum Gasteiger partial charge on any atom is -0.488 e. The van der Waals surface area contributed by atoms with Crippen molar-refractivity contribution in [3.8, 4) is 5.75 Å². The van der Waals surface area contributed by atoms with Crippen LogP contribution in [-0.2, 0) is 17.6 Å². The fraction of sp³-hybridized carbons (Fsp3) is 0.364. The van der Waals surface area contributed by atoms with Crippen LogP contribution in [0.25, 0.3) is 0 Å². The minimum atomic E-state index is -0.335. The molecule has 3 N–H and O–H groups in total. The summed E-state index contributed by atoms with van der Waals surface area (Å²) in [6.45, 7) is 4.27. The zero-order valence-corrected chi connectivity index (χ0v) is 19.3. The molecule has 0 saturated carbocycles. The first-order valence-electron chi connectivity index (χ1n) is 9.92. The molecule has 6 nitrogen and oxygen atoms in total. The third kappa shape index (κ3) is 7.47. The molecule has 3 rings (SSSR count). The first-order valence-corrected chi connectivity index (χ1v) is 9.92. The fourth-order valence-electron chi connectivity index (χ4n) is 3.17. The van der Waals surface area contributed by atoms with E-state index in [1.165, 1.54) is 17.7 Å². The summed E-state index contributed by atoms with van der Waals surface area (Å²) in [6.07, 6.45) is 1.05. The molecule has 0 bridgehead atoms. The Morgan fingerprint density at radius 1 is 1.13 bits per heavy atom. The number of nitrogens with zero attached hydrogens (tertiary/aromatic N) is 1. The molecule has 1 unspecified atom stereocenters. The van der Waals surface area contributed by atoms with Crippen LogP contribution in [0.3, 0.4) is 0 Å². The lowest BCUT2D eigenvalue weighted by molar-refractivity contribution is -0.120. The molecule has 1 amide bonds. The molecule has 0 radical (unpaired) electrons. The molecular weight excluding hydrogens is 498 g/mol. The van der Waals surface area contributed by atoms with E-state index in [2.05, 4.69) is 27.0 Å². The molecule has 1 aliphatic heterocycles. The van der Waals surface area contributed by atoms with E-state index in [1.807, 2.05) is 25.1 Å². The third-order valence-electron chi connectivity index (χ3n) is 4.50. The molecule has 162 valence electrons. The summed E-state index contributed by atoms with van der Waals surface area (Å²) < 4.78 is 19.1. The third-order valence-corrected chi connectivity index (χ3v) is 4.50. The molecular formula is C22H28FIN4O2. The van der Waals surface area contributed by atoms with E-state index in [0.717, 1.165) is 18.7 Å². The highest BCUT2D eigenvalue weighted by atomic mass is 127. The van der Waals surface area contributed by atoms with Gasteiger partial charge >= 0.3 is 0 Å². The van der Waals surface area contributed by atoms with Crippen LogP contribution in [-0.4, -0.2) is 44.1 Å². The zero-order chi connectivity index (χ0) is 20.5. The minimum absolute atomic E-state index is 0. The lowest BCUT2D eigenvalue weighted by atomic mass is 10.1. The van der Waals surface area contributed by atoms with Crippen molar-refractivity contribution in [2.75, 3.05) is 26.2 Å². The summed E-state index contributed by atoms with van der Waals surface area (Å²) in [5.74, 6) is 1.15. The van der Waals surface area contributed by atoms with Crippen molar-refractivity contribution in [3.05, 3.63) is 65.5 Å². The number of halogens is 2. The van der Waals surface area contributed by atoms with Gasteiger partial charge in [-0.1, -0.05) is 30.3 Å². The Bertz CT molecular complexity index is 838. The average Bonchev–Trinajstić information content (AvgIpc) is 3.12. The smallest absolute Gasteiger partial charge is 0.224 e. The standard InChI is InChI=1S/C22H27FN4O2.HI/c1-2-24-22(27-15-19-14-17-7-3-4-9-20(17)29-19)26-11-10-25-21(28)13-16-6-5-8-18(23)12-16;/h3-9,12,19H,2,10-11,13-15H2,1H3,(H,25,28)(H2,24,26,27);1H. The first kappa shape index (κ1) is 23.9. The molecule has 0 aliphatic carbocycles. The van der Waals surface area contributed by atoms with E-state index in [9.17, 15) is 9.18 Å². The van der Waals surface area contributed by atoms with Crippen molar-refractivity contribution < 1.29 is 13.9 Å². The number of guanidine groups is 1. The van der Waals surface area contributed by atoms with Crippen LogP contribution < -0.4 is 20.7 Å². The number of amides is 1. The Morgan fingerprint density at radius 3 is 2.70 bits per heavy atom. The van der Waals surface area contributed by atoms with Crippen molar-refractivity contribution in [2.24, 2.45) is 4.99 Å². The molecule has 0 aromatic heterocycles. The number of fused-ring (bicyclic) bond motifs is 1. The van der Waals surface area contributed by atoms with Gasteiger partial charge in [-0.3, -0.25) is 4.79 Å². The Kier molecular flexibility index (Phi) is 9.85. The van der Waals surface area contributed by atoms with Gasteiger partial charge in [0.05, 0.1) is 13.0 Å². The summed E-state index contributed by atoms with van der Waals surface area (Å²) in [5, 5.41) is 9.22. The summed E-state index contributed by atoms with van der Waals surface area (Å²) in [6, 6.07) is 14.1. The maximum Gasteiger partial charge on any atom is 0.224 e. The lowest BCUT2D eigenvalue weighted by Crippen LogP contribution is -2.42. The number of hydrogen-bond acceptors (Lipinski definition) is 3. The molecule has 8 heteroatoms. The Hall–Kier alpha value is -2.36. The van der Waals surface area contributed by atoms with E-state index in [4.69, 9.17) is 4.74 Å². The fourth-order valence-corrected chi connectivity index (χ4v) is 3.17. The van der Waals surface area contributed by atoms with Gasteiger partial charge in [0.2, 0.25) is 5.91 Å². The Morgan fingerprint density at radius 2 is 1.93 bits per heavy atom. The number of para-hydroxylation sites is 1. The van der Waals surface area contributed by atoms with Crippen LogP contribution in [0.15, 0.2) is 53.5 Å². The quantitative estimate of drug-likeness (QED) is 0.214. The van der Waals surface area contributed by atoms with Crippen molar-refractivity contribution in [2.45, 2.75) is 25.9 Å². The van der Waals surface area contributed by atoms with Gasteiger partial charge < -0.3 is 20.7 Å². The van der Waals surface area contributed by atoms with Crippen LogP contribution >= 0.6 is 24.0 Å². The van der Waals surface area contributed by atoms with Crippen molar-refractivity contribution in [1.82, 2.24) is 16.0 Å². The van der Waals surface area contributed by atoms with Gasteiger partial charge in [-0.15, -0.1) is 24.0 Å². The largest absolute Gasteiger partial charge is 0.488 e. The highest BCUT2D eigenvalue weighted by Crippen LogP contribution is 2.28. The topological polar surface area (TPSA) is 74.8 Å². The normalized spacial score (nSPS) is 14.9. The van der Waals surface area contributed by atoms with Gasteiger partial charge in [0.25, 0.3) is 0 Å². The van der Waals surface area contributed by atoms with E-state index in [1.54, 1.807) is 12.1 Å². The second kappa shape index (κ2) is 12.4. The number of hydrogen-bond donors (Lipinski definition) is 3. The number of carbonyl (C=O) groups excluding carboxylic acids is 1. The van der Waals surface area contributed by atoms with Crippen molar-refractivity contribution in [3.63, 3.8) is 0 Å². The predicted octanol–water partition coefficient (Wildman–Crippen LogP) is 2.66. The van der Waals surface area contributed by atoms with Gasteiger partial charge in [-0.05, 0) is 36.2 Å². The predicted molar refractivity (Wildman–Crippen MR) is 127 cm³/mol. The van der Waals surface area contributed by atoms with Gasteiger partial charge in [0.15, 0.2) is 5.96 Å². The Balaban J connectivity index is 0.00000320. The maximum atomic E-state index is 13.2. The van der Waals surface area contributed by atoms with Crippen molar-refractivity contribution in [1.29, 1.82) is 0 Å². The average molecular weight is 526 g/mol. The summed E-state index contributed by atoms with van der Waals surface area (Å²) in [5.41, 5.74) is 1.87. The van der Waals surface area contributed by atoms with Crippen molar-refractivity contribution >= 4 is 35.8 Å². The maximum absolute atomic E-state index is 13.2. The molecule has 30 heavy (non-hydrogen) atoms. The second-order valence-corrected chi connectivity index (χ2v) is 6.85. The van der Waals surface area contributed by atoms with Crippen LogP contribution in [0, 0.1) is 5.82 Å². The number of benzene rings is 2. The molecule has 1 aliphatic rings.